The van der Waals surface area contributed by atoms with E-state index >= 15 is 0 Å². The molecule has 26 heavy (non-hydrogen) atoms. The molecule has 7 nitrogen and oxygen atoms in total. The minimum absolute atomic E-state index is 0.136. The van der Waals surface area contributed by atoms with Crippen LogP contribution in [0.2, 0.25) is 0 Å². The van der Waals surface area contributed by atoms with Gasteiger partial charge in [-0.15, -0.1) is 0 Å². The van der Waals surface area contributed by atoms with Gasteiger partial charge in [0.05, 0.1) is 32.1 Å². The zero-order chi connectivity index (χ0) is 18.7. The summed E-state index contributed by atoms with van der Waals surface area (Å²) in [5.41, 5.74) is 1.15. The van der Waals surface area contributed by atoms with Crippen LogP contribution in [0.25, 0.3) is 0 Å². The van der Waals surface area contributed by atoms with Crippen molar-refractivity contribution < 1.29 is 23.8 Å². The van der Waals surface area contributed by atoms with Gasteiger partial charge in [-0.1, -0.05) is 12.1 Å². The Morgan fingerprint density at radius 3 is 2.62 bits per heavy atom. The van der Waals surface area contributed by atoms with E-state index in [1.54, 1.807) is 43.5 Å². The van der Waals surface area contributed by atoms with Gasteiger partial charge in [-0.3, -0.25) is 9.59 Å². The Kier molecular flexibility index (Phi) is 4.97. The minimum Gasteiger partial charge on any atom is -0.497 e. The van der Waals surface area contributed by atoms with Gasteiger partial charge in [0.2, 0.25) is 5.91 Å². The molecule has 1 N–H and O–H groups in total. The molecule has 0 saturated heterocycles. The number of nitrogens with one attached hydrogen (secondary N) is 1. The van der Waals surface area contributed by atoms with Crippen molar-refractivity contribution in [2.75, 3.05) is 31.0 Å². The summed E-state index contributed by atoms with van der Waals surface area (Å²) in [7, 11) is 3.06. The average Bonchev–Trinajstić information content (AvgIpc) is 2.67. The first-order chi connectivity index (χ1) is 12.5. The molecule has 2 aromatic carbocycles. The first-order valence-corrected chi connectivity index (χ1v) is 8.10. The van der Waals surface area contributed by atoms with Gasteiger partial charge in [-0.25, -0.2) is 0 Å². The highest BCUT2D eigenvalue weighted by molar-refractivity contribution is 6.00. The molecule has 0 aliphatic carbocycles. The molecule has 0 aromatic heterocycles. The molecule has 3 rings (SSSR count). The van der Waals surface area contributed by atoms with E-state index in [2.05, 4.69) is 5.32 Å². The Morgan fingerprint density at radius 2 is 1.92 bits per heavy atom. The molecule has 1 unspecified atom stereocenters. The van der Waals surface area contributed by atoms with Crippen molar-refractivity contribution >= 4 is 23.2 Å². The molecule has 0 bridgehead atoms. The fourth-order valence-corrected chi connectivity index (χ4v) is 2.78. The van der Waals surface area contributed by atoms with Crippen LogP contribution in [0.1, 0.15) is 6.92 Å². The van der Waals surface area contributed by atoms with E-state index in [0.29, 0.717) is 28.6 Å². The summed E-state index contributed by atoms with van der Waals surface area (Å²) in [5.74, 6) is 1.06. The smallest absolute Gasteiger partial charge is 0.267 e. The van der Waals surface area contributed by atoms with E-state index in [9.17, 15) is 9.59 Å². The van der Waals surface area contributed by atoms with E-state index in [4.69, 9.17) is 14.2 Å². The molecule has 1 aliphatic heterocycles. The van der Waals surface area contributed by atoms with Crippen LogP contribution in [-0.4, -0.2) is 38.7 Å². The van der Waals surface area contributed by atoms with Crippen LogP contribution in [0.5, 0.6) is 17.2 Å². The van der Waals surface area contributed by atoms with E-state index in [-0.39, 0.29) is 18.4 Å². The zero-order valence-corrected chi connectivity index (χ0v) is 14.8. The van der Waals surface area contributed by atoms with Crippen molar-refractivity contribution in [1.29, 1.82) is 0 Å². The Labute approximate surface area is 151 Å². The predicted octanol–water partition coefficient (Wildman–Crippen LogP) is 2.46. The van der Waals surface area contributed by atoms with Crippen LogP contribution >= 0.6 is 0 Å². The number of carbonyl (C=O) groups excluding carboxylic acids is 2. The fraction of sp³-hybridized carbons (Fsp3) is 0.263. The van der Waals surface area contributed by atoms with Crippen molar-refractivity contribution in [3.8, 4) is 17.2 Å². The second-order valence-electron chi connectivity index (χ2n) is 5.76. The number of nitrogens with zero attached hydrogens (tertiary/aromatic N) is 1. The largest absolute Gasteiger partial charge is 0.497 e. The van der Waals surface area contributed by atoms with Gasteiger partial charge in [0.1, 0.15) is 17.2 Å². The topological polar surface area (TPSA) is 77.1 Å². The normalized spacial score (nSPS) is 15.5. The van der Waals surface area contributed by atoms with Gasteiger partial charge in [-0.2, -0.15) is 0 Å². The van der Waals surface area contributed by atoms with Crippen molar-refractivity contribution in [3.05, 3.63) is 42.5 Å². The van der Waals surface area contributed by atoms with Gasteiger partial charge >= 0.3 is 0 Å². The van der Waals surface area contributed by atoms with Crippen molar-refractivity contribution in [3.63, 3.8) is 0 Å². The Morgan fingerprint density at radius 1 is 1.15 bits per heavy atom. The predicted molar refractivity (Wildman–Crippen MR) is 97.1 cm³/mol. The van der Waals surface area contributed by atoms with Crippen LogP contribution in [0.3, 0.4) is 0 Å². The molecule has 2 amide bonds. The third kappa shape index (κ3) is 3.42. The SMILES string of the molecule is COc1ccc(NC(=O)C2CN(C(C)=O)c3ccccc3O2)c(OC)c1. The molecule has 0 spiro atoms. The summed E-state index contributed by atoms with van der Waals surface area (Å²) in [6.45, 7) is 1.60. The van der Waals surface area contributed by atoms with E-state index in [1.165, 1.54) is 18.9 Å². The minimum atomic E-state index is -0.833. The Bertz CT molecular complexity index is 836. The second kappa shape index (κ2) is 7.35. The molecule has 1 aliphatic rings. The number of fused-ring (bicyclic) bond motifs is 1. The average molecular weight is 356 g/mol. The highest BCUT2D eigenvalue weighted by Crippen LogP contribution is 2.34. The van der Waals surface area contributed by atoms with Crippen LogP contribution in [0.15, 0.2) is 42.5 Å². The van der Waals surface area contributed by atoms with Crippen molar-refractivity contribution in [1.82, 2.24) is 0 Å². The standard InChI is InChI=1S/C19H20N2O5/c1-12(22)21-11-18(26-16-7-5-4-6-15(16)21)19(23)20-14-9-8-13(24-2)10-17(14)25-3/h4-10,18H,11H2,1-3H3,(H,20,23). The molecule has 2 aromatic rings. The molecule has 0 radical (unpaired) electrons. The maximum atomic E-state index is 12.7. The fourth-order valence-electron chi connectivity index (χ4n) is 2.78. The summed E-state index contributed by atoms with van der Waals surface area (Å²) in [5, 5.41) is 2.79. The summed E-state index contributed by atoms with van der Waals surface area (Å²) in [4.78, 5) is 26.2. The number of benzene rings is 2. The van der Waals surface area contributed by atoms with Crippen LogP contribution in [0, 0.1) is 0 Å². The number of anilines is 2. The van der Waals surface area contributed by atoms with Gasteiger partial charge in [-0.05, 0) is 24.3 Å². The van der Waals surface area contributed by atoms with Gasteiger partial charge in [0.25, 0.3) is 5.91 Å². The highest BCUT2D eigenvalue weighted by Gasteiger charge is 2.32. The lowest BCUT2D eigenvalue weighted by Crippen LogP contribution is -2.48. The number of para-hydroxylation sites is 2. The molecule has 7 heteroatoms. The summed E-state index contributed by atoms with van der Waals surface area (Å²) in [6.07, 6.45) is -0.833. The number of amides is 2. The molecule has 0 saturated carbocycles. The lowest BCUT2D eigenvalue weighted by molar-refractivity contribution is -0.123. The Hall–Kier alpha value is -3.22. The number of rotatable bonds is 4. The van der Waals surface area contributed by atoms with Crippen LogP contribution < -0.4 is 24.4 Å². The first-order valence-electron chi connectivity index (χ1n) is 8.10. The number of carbonyl (C=O) groups is 2. The molecular formula is C19H20N2O5. The second-order valence-corrected chi connectivity index (χ2v) is 5.76. The first kappa shape index (κ1) is 17.6. The van der Waals surface area contributed by atoms with Crippen molar-refractivity contribution in [2.45, 2.75) is 13.0 Å². The molecule has 0 fully saturated rings. The lowest BCUT2D eigenvalue weighted by Gasteiger charge is -2.33. The number of ether oxygens (including phenoxy) is 3. The monoisotopic (exact) mass is 356 g/mol. The number of hydrogen-bond donors (Lipinski definition) is 1. The number of hydrogen-bond acceptors (Lipinski definition) is 5. The molecular weight excluding hydrogens is 336 g/mol. The van der Waals surface area contributed by atoms with E-state index < -0.39 is 6.10 Å². The third-order valence-electron chi connectivity index (χ3n) is 4.11. The molecule has 1 atom stereocenters. The Balaban J connectivity index is 1.82. The highest BCUT2D eigenvalue weighted by atomic mass is 16.5. The van der Waals surface area contributed by atoms with Crippen LogP contribution in [-0.2, 0) is 9.59 Å². The lowest BCUT2D eigenvalue weighted by atomic mass is 10.1. The number of methoxy groups -OCH3 is 2. The quantitative estimate of drug-likeness (QED) is 0.911. The molecule has 1 heterocycles. The summed E-state index contributed by atoms with van der Waals surface area (Å²) in [6, 6.07) is 12.2. The van der Waals surface area contributed by atoms with E-state index in [0.717, 1.165) is 0 Å². The summed E-state index contributed by atoms with van der Waals surface area (Å²) >= 11 is 0. The van der Waals surface area contributed by atoms with Crippen molar-refractivity contribution in [2.24, 2.45) is 0 Å². The maximum absolute atomic E-state index is 12.7. The van der Waals surface area contributed by atoms with Gasteiger partial charge in [0.15, 0.2) is 6.10 Å². The third-order valence-corrected chi connectivity index (χ3v) is 4.11. The van der Waals surface area contributed by atoms with Gasteiger partial charge < -0.3 is 24.4 Å². The summed E-state index contributed by atoms with van der Waals surface area (Å²) < 4.78 is 16.2. The zero-order valence-electron chi connectivity index (χ0n) is 14.8. The van der Waals surface area contributed by atoms with Crippen LogP contribution in [0.4, 0.5) is 11.4 Å². The molecule has 136 valence electrons. The van der Waals surface area contributed by atoms with Gasteiger partial charge in [0, 0.05) is 13.0 Å². The van der Waals surface area contributed by atoms with E-state index in [1.807, 2.05) is 6.07 Å². The maximum Gasteiger partial charge on any atom is 0.267 e.